The zero-order valence-electron chi connectivity index (χ0n) is 11.6. The maximum Gasteiger partial charge on any atom is 0.200 e. The van der Waals surface area contributed by atoms with Crippen molar-refractivity contribution >= 4 is 21.9 Å². The Hall–Kier alpha value is -2.75. The molecule has 106 valence electrons. The molecule has 21 heavy (non-hydrogen) atoms. The molecule has 0 saturated carbocycles. The van der Waals surface area contributed by atoms with Gasteiger partial charge in [-0.25, -0.2) is 0 Å². The molecule has 0 fully saturated rings. The molecular formula is C17H14O4. The largest absolute Gasteiger partial charge is 0.497 e. The maximum atomic E-state index is 12.5. The molecule has 0 atom stereocenters. The zero-order chi connectivity index (χ0) is 14.8. The van der Waals surface area contributed by atoms with Gasteiger partial charge in [-0.2, -0.15) is 0 Å². The van der Waals surface area contributed by atoms with E-state index in [9.17, 15) is 4.79 Å². The lowest BCUT2D eigenvalue weighted by Crippen LogP contribution is -2.02. The fourth-order valence-electron chi connectivity index (χ4n) is 2.18. The van der Waals surface area contributed by atoms with Gasteiger partial charge in [0.15, 0.2) is 0 Å². The van der Waals surface area contributed by atoms with Crippen LogP contribution in [0.3, 0.4) is 0 Å². The molecule has 4 nitrogen and oxygen atoms in total. The summed E-state index contributed by atoms with van der Waals surface area (Å²) in [7, 11) is 1.57. The quantitative estimate of drug-likeness (QED) is 0.542. The zero-order valence-corrected chi connectivity index (χ0v) is 11.6. The van der Waals surface area contributed by atoms with E-state index in [0.717, 1.165) is 0 Å². The van der Waals surface area contributed by atoms with Crippen molar-refractivity contribution in [2.24, 2.45) is 0 Å². The van der Waals surface area contributed by atoms with Gasteiger partial charge in [0.2, 0.25) is 5.43 Å². The number of methoxy groups -OCH3 is 1. The molecule has 1 heterocycles. The molecule has 0 amide bonds. The summed E-state index contributed by atoms with van der Waals surface area (Å²) < 4.78 is 16.4. The third kappa shape index (κ3) is 2.36. The summed E-state index contributed by atoms with van der Waals surface area (Å²) in [5.74, 6) is 1.27. The van der Waals surface area contributed by atoms with E-state index >= 15 is 0 Å². The van der Waals surface area contributed by atoms with E-state index in [4.69, 9.17) is 13.9 Å². The van der Waals surface area contributed by atoms with Crippen LogP contribution in [0.4, 0.5) is 0 Å². The Morgan fingerprint density at radius 3 is 2.33 bits per heavy atom. The Morgan fingerprint density at radius 1 is 1.10 bits per heavy atom. The van der Waals surface area contributed by atoms with Crippen molar-refractivity contribution in [3.63, 3.8) is 0 Å². The van der Waals surface area contributed by atoms with Crippen molar-refractivity contribution in [2.75, 3.05) is 13.7 Å². The predicted octanol–water partition coefficient (Wildman–Crippen LogP) is 3.52. The van der Waals surface area contributed by atoms with Gasteiger partial charge < -0.3 is 13.9 Å². The molecule has 0 aliphatic heterocycles. The molecule has 3 aromatic rings. The SMILES string of the molecule is C=CCOc1ccc2c(=O)c3ccc(OC)cc3oc2c1. The minimum atomic E-state index is -0.0656. The summed E-state index contributed by atoms with van der Waals surface area (Å²) in [4.78, 5) is 12.5. The molecule has 0 aliphatic carbocycles. The van der Waals surface area contributed by atoms with E-state index in [1.165, 1.54) is 0 Å². The van der Waals surface area contributed by atoms with E-state index in [-0.39, 0.29) is 5.43 Å². The van der Waals surface area contributed by atoms with Crippen LogP contribution in [-0.4, -0.2) is 13.7 Å². The first kappa shape index (κ1) is 13.2. The van der Waals surface area contributed by atoms with Crippen LogP contribution in [0.15, 0.2) is 58.3 Å². The third-order valence-electron chi connectivity index (χ3n) is 3.22. The van der Waals surface area contributed by atoms with Gasteiger partial charge >= 0.3 is 0 Å². The first-order valence-corrected chi connectivity index (χ1v) is 6.51. The molecule has 0 N–H and O–H groups in total. The number of fused-ring (bicyclic) bond motifs is 2. The Bertz CT molecular complexity index is 877. The number of benzene rings is 2. The standard InChI is InChI=1S/C17H14O4/c1-3-8-20-12-5-7-14-16(10-12)21-15-9-11(19-2)4-6-13(15)17(14)18/h3-7,9-10H,1,8H2,2H3. The average molecular weight is 282 g/mol. The van der Waals surface area contributed by atoms with Crippen molar-refractivity contribution in [1.29, 1.82) is 0 Å². The summed E-state index contributed by atoms with van der Waals surface area (Å²) in [5.41, 5.74) is 0.916. The minimum Gasteiger partial charge on any atom is -0.497 e. The second-order valence-electron chi connectivity index (χ2n) is 4.55. The van der Waals surface area contributed by atoms with Gasteiger partial charge in [0.05, 0.1) is 17.9 Å². The third-order valence-corrected chi connectivity index (χ3v) is 3.22. The molecule has 4 heteroatoms. The molecular weight excluding hydrogens is 268 g/mol. The van der Waals surface area contributed by atoms with Gasteiger partial charge in [-0.15, -0.1) is 0 Å². The monoisotopic (exact) mass is 282 g/mol. The highest BCUT2D eigenvalue weighted by atomic mass is 16.5. The van der Waals surface area contributed by atoms with E-state index < -0.39 is 0 Å². The van der Waals surface area contributed by atoms with Gasteiger partial charge in [0.1, 0.15) is 29.3 Å². The van der Waals surface area contributed by atoms with Gasteiger partial charge in [-0.05, 0) is 24.3 Å². The van der Waals surface area contributed by atoms with Crippen LogP contribution >= 0.6 is 0 Å². The summed E-state index contributed by atoms with van der Waals surface area (Å²) in [6, 6.07) is 10.3. The molecule has 0 unspecified atom stereocenters. The van der Waals surface area contributed by atoms with Crippen molar-refractivity contribution in [1.82, 2.24) is 0 Å². The molecule has 1 aromatic heterocycles. The van der Waals surface area contributed by atoms with Gasteiger partial charge in [-0.1, -0.05) is 12.7 Å². The van der Waals surface area contributed by atoms with Crippen LogP contribution in [0, 0.1) is 0 Å². The summed E-state index contributed by atoms with van der Waals surface area (Å²) in [6.07, 6.45) is 1.66. The predicted molar refractivity (Wildman–Crippen MR) is 82.2 cm³/mol. The van der Waals surface area contributed by atoms with Crippen LogP contribution in [0.1, 0.15) is 0 Å². The second-order valence-corrected chi connectivity index (χ2v) is 4.55. The topological polar surface area (TPSA) is 48.7 Å². The van der Waals surface area contributed by atoms with Crippen LogP contribution in [0.2, 0.25) is 0 Å². The fourth-order valence-corrected chi connectivity index (χ4v) is 2.18. The number of hydrogen-bond acceptors (Lipinski definition) is 4. The van der Waals surface area contributed by atoms with Gasteiger partial charge in [0.25, 0.3) is 0 Å². The Balaban J connectivity index is 2.24. The van der Waals surface area contributed by atoms with Crippen molar-refractivity contribution in [2.45, 2.75) is 0 Å². The lowest BCUT2D eigenvalue weighted by Gasteiger charge is -2.06. The van der Waals surface area contributed by atoms with Crippen molar-refractivity contribution in [3.05, 3.63) is 59.3 Å². The number of rotatable bonds is 4. The van der Waals surface area contributed by atoms with Crippen LogP contribution in [0.5, 0.6) is 11.5 Å². The first-order valence-electron chi connectivity index (χ1n) is 6.51. The van der Waals surface area contributed by atoms with E-state index in [2.05, 4.69) is 6.58 Å². The average Bonchev–Trinajstić information content (AvgIpc) is 2.52. The number of hydrogen-bond donors (Lipinski definition) is 0. The van der Waals surface area contributed by atoms with E-state index in [1.54, 1.807) is 49.6 Å². The molecule has 0 radical (unpaired) electrons. The maximum absolute atomic E-state index is 12.5. The Kier molecular flexibility index (Phi) is 3.36. The van der Waals surface area contributed by atoms with Gasteiger partial charge in [0, 0.05) is 12.1 Å². The Labute approximate surface area is 121 Å². The second kappa shape index (κ2) is 5.32. The highest BCUT2D eigenvalue weighted by Gasteiger charge is 2.09. The Morgan fingerprint density at radius 2 is 1.71 bits per heavy atom. The molecule has 0 bridgehead atoms. The van der Waals surface area contributed by atoms with E-state index in [0.29, 0.717) is 40.0 Å². The van der Waals surface area contributed by atoms with E-state index in [1.807, 2.05) is 0 Å². The molecule has 3 rings (SSSR count). The lowest BCUT2D eigenvalue weighted by atomic mass is 10.1. The van der Waals surface area contributed by atoms with Crippen molar-refractivity contribution < 1.29 is 13.9 Å². The molecule has 0 aliphatic rings. The highest BCUT2D eigenvalue weighted by Crippen LogP contribution is 2.25. The van der Waals surface area contributed by atoms with Gasteiger partial charge in [-0.3, -0.25) is 4.79 Å². The first-order chi connectivity index (χ1) is 10.2. The smallest absolute Gasteiger partial charge is 0.200 e. The van der Waals surface area contributed by atoms with Crippen molar-refractivity contribution in [3.8, 4) is 11.5 Å². The molecule has 2 aromatic carbocycles. The normalized spacial score (nSPS) is 10.7. The summed E-state index contributed by atoms with van der Waals surface area (Å²) in [5, 5.41) is 1.06. The molecule has 0 saturated heterocycles. The minimum absolute atomic E-state index is 0.0656. The van der Waals surface area contributed by atoms with Crippen LogP contribution < -0.4 is 14.9 Å². The number of ether oxygens (including phenoxy) is 2. The molecule has 0 spiro atoms. The highest BCUT2D eigenvalue weighted by molar-refractivity contribution is 5.90. The van der Waals surface area contributed by atoms with Crippen LogP contribution in [-0.2, 0) is 0 Å². The summed E-state index contributed by atoms with van der Waals surface area (Å²) >= 11 is 0. The lowest BCUT2D eigenvalue weighted by molar-refractivity contribution is 0.363. The fraction of sp³-hybridized carbons (Fsp3) is 0.118. The van der Waals surface area contributed by atoms with Crippen LogP contribution in [0.25, 0.3) is 21.9 Å². The summed E-state index contributed by atoms with van der Waals surface area (Å²) in [6.45, 7) is 4.00.